The molecule has 0 saturated heterocycles. The normalized spacial score (nSPS) is 44.8. The van der Waals surface area contributed by atoms with Crippen molar-refractivity contribution in [3.63, 3.8) is 0 Å². The van der Waals surface area contributed by atoms with Crippen molar-refractivity contribution in [2.45, 2.75) is 85.0 Å². The highest BCUT2D eigenvalue weighted by Gasteiger charge is 2.69. The second kappa shape index (κ2) is 8.69. The van der Waals surface area contributed by atoms with Gasteiger partial charge in [0.05, 0.1) is 12.2 Å². The van der Waals surface area contributed by atoms with E-state index in [1.54, 1.807) is 6.92 Å². The number of Topliss-reactive ketones (excluding diaryl/α,β-unsaturated/α-hetero) is 1. The van der Waals surface area contributed by atoms with Crippen molar-refractivity contribution in [2.75, 3.05) is 13.2 Å². The van der Waals surface area contributed by atoms with Crippen LogP contribution in [0.5, 0.6) is 0 Å². The van der Waals surface area contributed by atoms with E-state index in [1.165, 1.54) is 6.92 Å². The molecule has 0 aromatic rings. The number of hydrogen-bond donors (Lipinski definition) is 3. The Balaban J connectivity index is 2.16. The molecule has 0 radical (unpaired) electrons. The smallest absolute Gasteiger partial charge is 0.332 e. The van der Waals surface area contributed by atoms with E-state index in [0.717, 1.165) is 12.8 Å². The van der Waals surface area contributed by atoms with Crippen LogP contribution in [0.1, 0.15) is 66.7 Å². The van der Waals surface area contributed by atoms with Gasteiger partial charge in [-0.05, 0) is 42.9 Å². The Morgan fingerprint density at radius 2 is 1.88 bits per heavy atom. The summed E-state index contributed by atoms with van der Waals surface area (Å²) < 4.78 is 10.8. The zero-order valence-corrected chi connectivity index (χ0v) is 19.8. The van der Waals surface area contributed by atoms with Crippen LogP contribution in [0.15, 0.2) is 0 Å². The number of ether oxygens (including phenoxy) is 2. The molecule has 0 heterocycles. The predicted octanol–water partition coefficient (Wildman–Crippen LogP) is 1.62. The lowest BCUT2D eigenvalue weighted by molar-refractivity contribution is -0.227. The maximum absolute atomic E-state index is 13.3. The Morgan fingerprint density at radius 1 is 1.22 bits per heavy atom. The monoisotopic (exact) mass is 454 g/mol. The molecule has 0 aromatic carbocycles. The first kappa shape index (κ1) is 25.1. The molecule has 3 aliphatic carbocycles. The molecular formula is C24H38O8. The van der Waals surface area contributed by atoms with Gasteiger partial charge in [0.25, 0.3) is 0 Å². The Hall–Kier alpha value is -1.51. The number of aliphatic hydroxyl groups is 3. The first-order valence-corrected chi connectivity index (χ1v) is 11.7. The molecule has 32 heavy (non-hydrogen) atoms. The minimum absolute atomic E-state index is 0.0523. The third-order valence-corrected chi connectivity index (χ3v) is 9.44. The van der Waals surface area contributed by atoms with Crippen molar-refractivity contribution in [1.29, 1.82) is 0 Å². The van der Waals surface area contributed by atoms with E-state index in [-0.39, 0.29) is 36.6 Å². The van der Waals surface area contributed by atoms with Gasteiger partial charge in [-0.1, -0.05) is 27.7 Å². The maximum atomic E-state index is 13.3. The van der Waals surface area contributed by atoms with E-state index >= 15 is 0 Å². The van der Waals surface area contributed by atoms with Gasteiger partial charge < -0.3 is 24.8 Å². The van der Waals surface area contributed by atoms with Gasteiger partial charge in [0.2, 0.25) is 0 Å². The summed E-state index contributed by atoms with van der Waals surface area (Å²) in [5, 5.41) is 32.1. The van der Waals surface area contributed by atoms with Gasteiger partial charge >= 0.3 is 11.9 Å². The van der Waals surface area contributed by atoms with Crippen molar-refractivity contribution in [3.05, 3.63) is 0 Å². The van der Waals surface area contributed by atoms with Crippen LogP contribution < -0.4 is 0 Å². The lowest BCUT2D eigenvalue weighted by atomic mass is 9.43. The number of aliphatic hydroxyl groups excluding tert-OH is 3. The van der Waals surface area contributed by atoms with Crippen molar-refractivity contribution in [2.24, 2.45) is 34.0 Å². The molecule has 182 valence electrons. The van der Waals surface area contributed by atoms with Crippen molar-refractivity contribution in [3.8, 4) is 0 Å². The summed E-state index contributed by atoms with van der Waals surface area (Å²) in [4.78, 5) is 36.9. The number of ketones is 1. The molecule has 0 spiro atoms. The zero-order valence-electron chi connectivity index (χ0n) is 19.8. The van der Waals surface area contributed by atoms with Crippen LogP contribution >= 0.6 is 0 Å². The fraction of sp³-hybridized carbons (Fsp3) is 0.875. The first-order valence-electron chi connectivity index (χ1n) is 11.7. The highest BCUT2D eigenvalue weighted by atomic mass is 16.6. The molecule has 3 fully saturated rings. The van der Waals surface area contributed by atoms with Crippen LogP contribution in [0.2, 0.25) is 0 Å². The van der Waals surface area contributed by atoms with Gasteiger partial charge in [0.1, 0.15) is 25.1 Å². The van der Waals surface area contributed by atoms with Crippen molar-refractivity contribution < 1.29 is 39.2 Å². The van der Waals surface area contributed by atoms with E-state index in [1.807, 2.05) is 13.8 Å². The quantitative estimate of drug-likeness (QED) is 0.534. The molecule has 8 heteroatoms. The molecule has 0 aromatic heterocycles. The van der Waals surface area contributed by atoms with Crippen LogP contribution in [0.25, 0.3) is 0 Å². The number of carbonyl (C=O) groups is 3. The average molecular weight is 455 g/mol. The zero-order chi connectivity index (χ0) is 24.1. The lowest BCUT2D eigenvalue weighted by Crippen LogP contribution is -2.65. The summed E-state index contributed by atoms with van der Waals surface area (Å²) in [6.07, 6.45) is -0.285. The molecule has 3 N–H and O–H groups in total. The molecular weight excluding hydrogens is 416 g/mol. The molecule has 0 amide bonds. The number of esters is 2. The van der Waals surface area contributed by atoms with E-state index in [4.69, 9.17) is 9.47 Å². The van der Waals surface area contributed by atoms with E-state index in [9.17, 15) is 29.7 Å². The van der Waals surface area contributed by atoms with Crippen LogP contribution in [0, 0.1) is 34.0 Å². The minimum Gasteiger partial charge on any atom is -0.463 e. The van der Waals surface area contributed by atoms with Crippen LogP contribution in [0.3, 0.4) is 0 Å². The van der Waals surface area contributed by atoms with Crippen molar-refractivity contribution >= 4 is 17.7 Å². The second-order valence-electron chi connectivity index (χ2n) is 10.8. The number of carbonyl (C=O) groups excluding carboxylic acids is 3. The van der Waals surface area contributed by atoms with Crippen LogP contribution in [0.4, 0.5) is 0 Å². The summed E-state index contributed by atoms with van der Waals surface area (Å²) in [6.45, 7) is 7.87. The first-order chi connectivity index (χ1) is 14.8. The second-order valence-corrected chi connectivity index (χ2v) is 10.8. The van der Waals surface area contributed by atoms with E-state index < -0.39 is 53.1 Å². The molecule has 8 nitrogen and oxygen atoms in total. The SMILES string of the molecule is CC(=O)OC[C@@H](O)[C@]1(C)C[C@@H](OC(=O)CO)[C@@]2(C)[C@@H](C)CC[C@]3(CCC(=O)[C@@H]32)[C@@H](C)[C@@H]1O. The minimum atomic E-state index is -1.20. The number of hydrogen-bond acceptors (Lipinski definition) is 8. The Bertz CT molecular complexity index is 767. The van der Waals surface area contributed by atoms with Gasteiger partial charge in [-0.25, -0.2) is 4.79 Å². The topological polar surface area (TPSA) is 130 Å². The number of rotatable bonds is 5. The largest absolute Gasteiger partial charge is 0.463 e. The van der Waals surface area contributed by atoms with E-state index in [2.05, 4.69) is 6.92 Å². The summed E-state index contributed by atoms with van der Waals surface area (Å²) in [5.74, 6) is -1.83. The molecule has 0 aliphatic heterocycles. The lowest BCUT2D eigenvalue weighted by Gasteiger charge is -2.62. The predicted molar refractivity (Wildman–Crippen MR) is 114 cm³/mol. The standard InChI is InChI=1S/C24H38O8/c1-13-6-8-24-9-7-16(27)20(24)23(13,5)18(32-19(29)11-25)10-22(4,21(30)14(24)2)17(28)12-31-15(3)26/h13-14,17-18,20-21,25,28,30H,6-12H2,1-5H3/t13-,14-,17+,18+,20+,21-,22-,23+,24-/m0/s1. The fourth-order valence-electron chi connectivity index (χ4n) is 7.21. The van der Waals surface area contributed by atoms with Gasteiger partial charge in [-0.3, -0.25) is 9.59 Å². The summed E-state index contributed by atoms with van der Waals surface area (Å²) in [7, 11) is 0. The van der Waals surface area contributed by atoms with Crippen molar-refractivity contribution in [1.82, 2.24) is 0 Å². The van der Waals surface area contributed by atoms with E-state index in [0.29, 0.717) is 12.8 Å². The molecule has 9 atom stereocenters. The summed E-state index contributed by atoms with van der Waals surface area (Å²) in [6, 6.07) is 0. The third kappa shape index (κ3) is 3.68. The van der Waals surface area contributed by atoms with Crippen LogP contribution in [-0.4, -0.2) is 64.6 Å². The Labute approximate surface area is 189 Å². The average Bonchev–Trinajstić information content (AvgIpc) is 3.10. The summed E-state index contributed by atoms with van der Waals surface area (Å²) in [5.41, 5.74) is -2.35. The molecule has 0 unspecified atom stereocenters. The Morgan fingerprint density at radius 3 is 2.47 bits per heavy atom. The highest BCUT2D eigenvalue weighted by Crippen LogP contribution is 2.68. The molecule has 3 saturated carbocycles. The van der Waals surface area contributed by atoms with Gasteiger partial charge in [-0.15, -0.1) is 0 Å². The van der Waals surface area contributed by atoms with Gasteiger partial charge in [0, 0.05) is 30.1 Å². The van der Waals surface area contributed by atoms with Gasteiger partial charge in [-0.2, -0.15) is 0 Å². The molecule has 3 aliphatic rings. The summed E-state index contributed by atoms with van der Waals surface area (Å²) >= 11 is 0. The molecule has 2 bridgehead atoms. The maximum Gasteiger partial charge on any atom is 0.332 e. The Kier molecular flexibility index (Phi) is 6.82. The van der Waals surface area contributed by atoms with Crippen LogP contribution in [-0.2, 0) is 23.9 Å². The fourth-order valence-corrected chi connectivity index (χ4v) is 7.21. The highest BCUT2D eigenvalue weighted by molar-refractivity contribution is 5.85. The third-order valence-electron chi connectivity index (χ3n) is 9.44. The molecule has 3 rings (SSSR count). The van der Waals surface area contributed by atoms with Gasteiger partial charge in [0.15, 0.2) is 0 Å².